The first-order chi connectivity index (χ1) is 17.4. The van der Waals surface area contributed by atoms with Gasteiger partial charge in [-0.25, -0.2) is 14.2 Å². The monoisotopic (exact) mass is 487 g/mol. The molecule has 5 rings (SSSR count). The third kappa shape index (κ3) is 4.59. The van der Waals surface area contributed by atoms with Gasteiger partial charge in [0.1, 0.15) is 17.2 Å². The molecule has 1 fully saturated rings. The largest absolute Gasteiger partial charge is 0.450 e. The molecule has 3 heterocycles. The van der Waals surface area contributed by atoms with Crippen molar-refractivity contribution in [2.24, 2.45) is 0 Å². The molecule has 0 aliphatic carbocycles. The van der Waals surface area contributed by atoms with Crippen LogP contribution in [0.1, 0.15) is 21.7 Å². The van der Waals surface area contributed by atoms with E-state index in [4.69, 9.17) is 4.42 Å². The van der Waals surface area contributed by atoms with E-state index < -0.39 is 5.82 Å². The van der Waals surface area contributed by atoms with Crippen molar-refractivity contribution in [2.45, 2.75) is 13.8 Å². The maximum atomic E-state index is 13.8. The van der Waals surface area contributed by atoms with Gasteiger partial charge < -0.3 is 24.9 Å². The van der Waals surface area contributed by atoms with Crippen molar-refractivity contribution in [3.8, 4) is 0 Å². The normalized spacial score (nSPS) is 13.6. The lowest BCUT2D eigenvalue weighted by molar-refractivity contribution is 0.0998. The van der Waals surface area contributed by atoms with Gasteiger partial charge in [-0.3, -0.25) is 4.79 Å². The van der Waals surface area contributed by atoms with Gasteiger partial charge in [-0.15, -0.1) is 0 Å². The van der Waals surface area contributed by atoms with Gasteiger partial charge in [0.05, 0.1) is 17.6 Å². The van der Waals surface area contributed by atoms with Crippen molar-refractivity contribution in [3.05, 3.63) is 83.5 Å². The summed E-state index contributed by atoms with van der Waals surface area (Å²) in [5, 5.41) is 6.40. The molecule has 4 aromatic rings. The fourth-order valence-electron chi connectivity index (χ4n) is 4.33. The number of amides is 3. The number of nitrogens with one attached hydrogen (secondary N) is 2. The number of carbonyl (C=O) groups is 2. The Morgan fingerprint density at radius 1 is 0.944 bits per heavy atom. The van der Waals surface area contributed by atoms with E-state index in [0.717, 1.165) is 27.9 Å². The minimum absolute atomic E-state index is 0.164. The first-order valence-corrected chi connectivity index (χ1v) is 11.7. The Hall–Kier alpha value is -4.40. The number of furan rings is 1. The number of para-hydroxylation sites is 2. The summed E-state index contributed by atoms with van der Waals surface area (Å²) in [6, 6.07) is 15.2. The molecule has 0 spiro atoms. The van der Waals surface area contributed by atoms with Crippen molar-refractivity contribution in [1.82, 2.24) is 9.88 Å². The zero-order valence-corrected chi connectivity index (χ0v) is 20.0. The number of piperazine rings is 1. The Balaban J connectivity index is 1.18. The van der Waals surface area contributed by atoms with E-state index in [9.17, 15) is 14.0 Å². The van der Waals surface area contributed by atoms with E-state index in [1.54, 1.807) is 29.3 Å². The van der Waals surface area contributed by atoms with Crippen molar-refractivity contribution in [1.29, 1.82) is 0 Å². The Kier molecular flexibility index (Phi) is 6.28. The second-order valence-electron chi connectivity index (χ2n) is 8.75. The number of aryl methyl sites for hydroxylation is 2. The molecular formula is C27H26FN5O3. The minimum Gasteiger partial charge on any atom is -0.450 e. The summed E-state index contributed by atoms with van der Waals surface area (Å²) in [4.78, 5) is 33.5. The van der Waals surface area contributed by atoms with Crippen LogP contribution in [-0.2, 0) is 0 Å². The fraction of sp³-hybridized carbons (Fsp3) is 0.222. The molecule has 3 amide bonds. The summed E-state index contributed by atoms with van der Waals surface area (Å²) in [5.41, 5.74) is 3.22. The molecule has 0 bridgehead atoms. The quantitative estimate of drug-likeness (QED) is 0.413. The molecule has 2 aromatic heterocycles. The van der Waals surface area contributed by atoms with Gasteiger partial charge in [0.2, 0.25) is 0 Å². The molecule has 2 N–H and O–H groups in total. The van der Waals surface area contributed by atoms with E-state index in [1.807, 2.05) is 38.1 Å². The maximum Gasteiger partial charge on any atom is 0.322 e. The van der Waals surface area contributed by atoms with Crippen molar-refractivity contribution >= 4 is 40.1 Å². The molecule has 8 nitrogen and oxygen atoms in total. The molecule has 0 atom stereocenters. The number of hydrogen-bond donors (Lipinski definition) is 2. The Labute approximate surface area is 207 Å². The summed E-state index contributed by atoms with van der Waals surface area (Å²) in [7, 11) is 0. The van der Waals surface area contributed by atoms with Gasteiger partial charge in [0, 0.05) is 37.1 Å². The highest BCUT2D eigenvalue weighted by atomic mass is 19.1. The number of halogens is 1. The predicted molar refractivity (Wildman–Crippen MR) is 137 cm³/mol. The van der Waals surface area contributed by atoms with E-state index >= 15 is 0 Å². The maximum absolute atomic E-state index is 13.8. The molecule has 9 heteroatoms. The second kappa shape index (κ2) is 9.69. The van der Waals surface area contributed by atoms with Crippen LogP contribution in [-0.4, -0.2) is 48.0 Å². The van der Waals surface area contributed by atoms with Gasteiger partial charge in [-0.2, -0.15) is 0 Å². The van der Waals surface area contributed by atoms with Gasteiger partial charge in [0.25, 0.3) is 5.91 Å². The molecular weight excluding hydrogens is 461 g/mol. The predicted octanol–water partition coefficient (Wildman–Crippen LogP) is 5.19. The molecule has 1 saturated heterocycles. The summed E-state index contributed by atoms with van der Waals surface area (Å²) >= 11 is 0. The van der Waals surface area contributed by atoms with Crippen LogP contribution in [0.4, 0.5) is 26.4 Å². The first kappa shape index (κ1) is 23.3. The number of carbonyl (C=O) groups excluding carboxylic acids is 2. The molecule has 1 aliphatic heterocycles. The number of aromatic nitrogens is 1. The van der Waals surface area contributed by atoms with Crippen molar-refractivity contribution in [3.63, 3.8) is 0 Å². The second-order valence-corrected chi connectivity index (χ2v) is 8.75. The zero-order valence-electron chi connectivity index (χ0n) is 20.0. The molecule has 36 heavy (non-hydrogen) atoms. The molecule has 2 aromatic carbocycles. The standard InChI is InChI=1S/C27H26FN5O3/c1-17-6-5-7-20-18(2)25(36-24(17)20)26(34)30-19-10-11-23(29-16-19)32-12-14-33(15-13-32)27(35)31-22-9-4-3-8-21(22)28/h3-11,16H,12-15H2,1-2H3,(H,30,34)(H,31,35). The minimum atomic E-state index is -0.466. The van der Waals surface area contributed by atoms with E-state index in [0.29, 0.717) is 31.9 Å². The number of urea groups is 1. The van der Waals surface area contributed by atoms with E-state index in [1.165, 1.54) is 12.1 Å². The van der Waals surface area contributed by atoms with Crippen LogP contribution in [0.15, 0.2) is 65.2 Å². The van der Waals surface area contributed by atoms with Crippen LogP contribution < -0.4 is 15.5 Å². The summed E-state index contributed by atoms with van der Waals surface area (Å²) < 4.78 is 19.7. The van der Waals surface area contributed by atoms with E-state index in [2.05, 4.69) is 20.5 Å². The number of rotatable bonds is 4. The van der Waals surface area contributed by atoms with E-state index in [-0.39, 0.29) is 23.4 Å². The molecule has 0 unspecified atom stereocenters. The lowest BCUT2D eigenvalue weighted by Crippen LogP contribution is -2.50. The highest BCUT2D eigenvalue weighted by Gasteiger charge is 2.23. The number of fused-ring (bicyclic) bond motifs is 1. The van der Waals surface area contributed by atoms with Crippen LogP contribution in [0.5, 0.6) is 0 Å². The summed E-state index contributed by atoms with van der Waals surface area (Å²) in [6.45, 7) is 5.95. The molecule has 184 valence electrons. The fourth-order valence-corrected chi connectivity index (χ4v) is 4.33. The molecule has 0 saturated carbocycles. The lowest BCUT2D eigenvalue weighted by Gasteiger charge is -2.35. The Morgan fingerprint density at radius 3 is 2.42 bits per heavy atom. The smallest absolute Gasteiger partial charge is 0.322 e. The third-order valence-corrected chi connectivity index (χ3v) is 6.38. The average molecular weight is 488 g/mol. The lowest BCUT2D eigenvalue weighted by atomic mass is 10.1. The Bertz CT molecular complexity index is 1430. The summed E-state index contributed by atoms with van der Waals surface area (Å²) in [6.07, 6.45) is 1.60. The van der Waals surface area contributed by atoms with Crippen LogP contribution in [0.2, 0.25) is 0 Å². The van der Waals surface area contributed by atoms with Crippen LogP contribution in [0, 0.1) is 19.7 Å². The zero-order chi connectivity index (χ0) is 25.2. The van der Waals surface area contributed by atoms with Crippen LogP contribution in [0.25, 0.3) is 11.0 Å². The third-order valence-electron chi connectivity index (χ3n) is 6.38. The Morgan fingerprint density at radius 2 is 1.72 bits per heavy atom. The average Bonchev–Trinajstić information content (AvgIpc) is 3.24. The first-order valence-electron chi connectivity index (χ1n) is 11.7. The van der Waals surface area contributed by atoms with Crippen LogP contribution in [0.3, 0.4) is 0 Å². The summed E-state index contributed by atoms with van der Waals surface area (Å²) in [5.74, 6) is 0.240. The topological polar surface area (TPSA) is 90.7 Å². The number of hydrogen-bond acceptors (Lipinski definition) is 5. The van der Waals surface area contributed by atoms with Gasteiger partial charge >= 0.3 is 6.03 Å². The molecule has 1 aliphatic rings. The highest BCUT2D eigenvalue weighted by Crippen LogP contribution is 2.28. The van der Waals surface area contributed by atoms with Crippen LogP contribution >= 0.6 is 0 Å². The van der Waals surface area contributed by atoms with Gasteiger partial charge in [-0.1, -0.05) is 30.3 Å². The van der Waals surface area contributed by atoms with Gasteiger partial charge in [-0.05, 0) is 43.7 Å². The number of nitrogens with zero attached hydrogens (tertiary/aromatic N) is 3. The number of benzene rings is 2. The van der Waals surface area contributed by atoms with Crippen molar-refractivity contribution in [2.75, 3.05) is 41.7 Å². The number of pyridine rings is 1. The van der Waals surface area contributed by atoms with Crippen molar-refractivity contribution < 1.29 is 18.4 Å². The molecule has 0 radical (unpaired) electrons. The number of anilines is 3. The SMILES string of the molecule is Cc1c(C(=O)Nc2ccc(N3CCN(C(=O)Nc4ccccc4F)CC3)nc2)oc2c(C)cccc12. The van der Waals surface area contributed by atoms with Gasteiger partial charge in [0.15, 0.2) is 5.76 Å². The highest BCUT2D eigenvalue weighted by molar-refractivity contribution is 6.06.